The molecule has 0 radical (unpaired) electrons. The molecule has 2 atom stereocenters. The van der Waals surface area contributed by atoms with E-state index in [1.165, 1.54) is 37.7 Å². The van der Waals surface area contributed by atoms with Gasteiger partial charge in [0.1, 0.15) is 0 Å². The third-order valence-corrected chi connectivity index (χ3v) is 5.58. The molecule has 1 fully saturated rings. The van der Waals surface area contributed by atoms with E-state index in [1.54, 1.807) is 0 Å². The second kappa shape index (κ2) is 10.9. The molecule has 1 saturated heterocycles. The van der Waals surface area contributed by atoms with Gasteiger partial charge in [0.2, 0.25) is 0 Å². The Labute approximate surface area is 161 Å². The SMILES string of the molecule is CC(C)CC[C@H](CCNC/C=C/c1ccccc1)[C@H]1CCOC(C)(C)C1. The summed E-state index contributed by atoms with van der Waals surface area (Å²) >= 11 is 0. The van der Waals surface area contributed by atoms with Crippen LogP contribution in [-0.2, 0) is 4.74 Å². The molecule has 1 N–H and O–H groups in total. The van der Waals surface area contributed by atoms with Crippen molar-refractivity contribution in [2.45, 2.75) is 65.4 Å². The zero-order chi connectivity index (χ0) is 18.8. The van der Waals surface area contributed by atoms with Crippen LogP contribution >= 0.6 is 0 Å². The van der Waals surface area contributed by atoms with Crippen molar-refractivity contribution < 1.29 is 4.74 Å². The molecule has 0 unspecified atom stereocenters. The molecular weight excluding hydrogens is 318 g/mol. The van der Waals surface area contributed by atoms with Crippen LogP contribution in [-0.4, -0.2) is 25.3 Å². The van der Waals surface area contributed by atoms with Crippen molar-refractivity contribution in [1.82, 2.24) is 5.32 Å². The van der Waals surface area contributed by atoms with Gasteiger partial charge in [0.05, 0.1) is 5.60 Å². The van der Waals surface area contributed by atoms with E-state index in [2.05, 4.69) is 75.5 Å². The molecule has 2 nitrogen and oxygen atoms in total. The van der Waals surface area contributed by atoms with E-state index in [-0.39, 0.29) is 5.60 Å². The lowest BCUT2D eigenvalue weighted by Gasteiger charge is -2.39. The lowest BCUT2D eigenvalue weighted by Crippen LogP contribution is -2.37. The highest BCUT2D eigenvalue weighted by atomic mass is 16.5. The molecule has 0 saturated carbocycles. The van der Waals surface area contributed by atoms with Gasteiger partial charge in [-0.1, -0.05) is 62.8 Å². The summed E-state index contributed by atoms with van der Waals surface area (Å²) in [6, 6.07) is 10.5. The maximum absolute atomic E-state index is 5.95. The van der Waals surface area contributed by atoms with Gasteiger partial charge in [-0.15, -0.1) is 0 Å². The third kappa shape index (κ3) is 8.05. The van der Waals surface area contributed by atoms with Crippen LogP contribution in [0.25, 0.3) is 6.08 Å². The monoisotopic (exact) mass is 357 g/mol. The highest BCUT2D eigenvalue weighted by Crippen LogP contribution is 2.37. The number of nitrogens with one attached hydrogen (secondary N) is 1. The third-order valence-electron chi connectivity index (χ3n) is 5.58. The van der Waals surface area contributed by atoms with Crippen molar-refractivity contribution in [3.05, 3.63) is 42.0 Å². The summed E-state index contributed by atoms with van der Waals surface area (Å²) in [5.74, 6) is 2.44. The van der Waals surface area contributed by atoms with Gasteiger partial charge in [-0.3, -0.25) is 0 Å². The van der Waals surface area contributed by atoms with Crippen LogP contribution in [0.2, 0.25) is 0 Å². The zero-order valence-corrected chi connectivity index (χ0v) is 17.3. The molecule has 2 rings (SSSR count). The fourth-order valence-corrected chi connectivity index (χ4v) is 4.08. The van der Waals surface area contributed by atoms with Crippen molar-refractivity contribution in [3.8, 4) is 0 Å². The van der Waals surface area contributed by atoms with E-state index in [4.69, 9.17) is 4.74 Å². The molecule has 1 aromatic carbocycles. The van der Waals surface area contributed by atoms with Gasteiger partial charge >= 0.3 is 0 Å². The first-order chi connectivity index (χ1) is 12.5. The van der Waals surface area contributed by atoms with E-state index < -0.39 is 0 Å². The van der Waals surface area contributed by atoms with Gasteiger partial charge in [0.15, 0.2) is 0 Å². The van der Waals surface area contributed by atoms with Crippen LogP contribution in [0.1, 0.15) is 65.4 Å². The molecule has 0 aliphatic carbocycles. The van der Waals surface area contributed by atoms with Gasteiger partial charge < -0.3 is 10.1 Å². The van der Waals surface area contributed by atoms with E-state index in [0.29, 0.717) is 0 Å². The normalized spacial score (nSPS) is 21.3. The van der Waals surface area contributed by atoms with Gasteiger partial charge in [-0.25, -0.2) is 0 Å². The van der Waals surface area contributed by atoms with Crippen molar-refractivity contribution in [3.63, 3.8) is 0 Å². The van der Waals surface area contributed by atoms with E-state index in [9.17, 15) is 0 Å². The highest BCUT2D eigenvalue weighted by Gasteiger charge is 2.33. The van der Waals surface area contributed by atoms with Gasteiger partial charge in [0, 0.05) is 13.2 Å². The number of hydrogen-bond donors (Lipinski definition) is 1. The first-order valence-corrected chi connectivity index (χ1v) is 10.5. The van der Waals surface area contributed by atoms with Crippen LogP contribution < -0.4 is 5.32 Å². The van der Waals surface area contributed by atoms with Crippen LogP contribution in [0.5, 0.6) is 0 Å². The molecule has 0 spiro atoms. The highest BCUT2D eigenvalue weighted by molar-refractivity contribution is 5.48. The maximum Gasteiger partial charge on any atom is 0.0629 e. The Morgan fingerprint density at radius 3 is 2.62 bits per heavy atom. The van der Waals surface area contributed by atoms with E-state index in [0.717, 1.165) is 37.5 Å². The second-order valence-corrected chi connectivity index (χ2v) is 8.90. The predicted molar refractivity (Wildman–Crippen MR) is 113 cm³/mol. The summed E-state index contributed by atoms with van der Waals surface area (Å²) in [7, 11) is 0. The Hall–Kier alpha value is -1.12. The number of hydrogen-bond acceptors (Lipinski definition) is 2. The van der Waals surface area contributed by atoms with Crippen molar-refractivity contribution >= 4 is 6.08 Å². The Kier molecular flexibility index (Phi) is 8.87. The Bertz CT molecular complexity index is 520. The minimum absolute atomic E-state index is 0.0604. The quantitative estimate of drug-likeness (QED) is 0.523. The second-order valence-electron chi connectivity index (χ2n) is 8.90. The van der Waals surface area contributed by atoms with Crippen LogP contribution in [0.3, 0.4) is 0 Å². The average molecular weight is 358 g/mol. The average Bonchev–Trinajstić information content (AvgIpc) is 2.60. The topological polar surface area (TPSA) is 21.3 Å². The molecule has 1 aliphatic heterocycles. The molecule has 26 heavy (non-hydrogen) atoms. The minimum atomic E-state index is 0.0604. The molecule has 1 aliphatic rings. The van der Waals surface area contributed by atoms with E-state index in [1.807, 2.05) is 0 Å². The number of benzene rings is 1. The molecule has 146 valence electrons. The van der Waals surface area contributed by atoms with Crippen molar-refractivity contribution in [1.29, 1.82) is 0 Å². The number of ether oxygens (including phenoxy) is 1. The smallest absolute Gasteiger partial charge is 0.0629 e. The number of rotatable bonds is 10. The minimum Gasteiger partial charge on any atom is -0.376 e. The summed E-state index contributed by atoms with van der Waals surface area (Å²) in [6.45, 7) is 12.2. The fraction of sp³-hybridized carbons (Fsp3) is 0.667. The zero-order valence-electron chi connectivity index (χ0n) is 17.3. The molecule has 1 heterocycles. The largest absolute Gasteiger partial charge is 0.376 e. The van der Waals surface area contributed by atoms with E-state index >= 15 is 0 Å². The Morgan fingerprint density at radius 2 is 1.92 bits per heavy atom. The molecule has 0 amide bonds. The molecule has 2 heteroatoms. The van der Waals surface area contributed by atoms with Crippen LogP contribution in [0.4, 0.5) is 0 Å². The van der Waals surface area contributed by atoms with Gasteiger partial charge in [-0.2, -0.15) is 0 Å². The standard InChI is InChI=1S/C24H39NO/c1-20(2)12-13-22(23-15-18-26-24(3,4)19-23)14-17-25-16-8-11-21-9-6-5-7-10-21/h5-11,20,22-23,25H,12-19H2,1-4H3/b11-8+/t22-,23+/m1/s1. The lowest BCUT2D eigenvalue weighted by molar-refractivity contribution is -0.0839. The molecule has 0 aromatic heterocycles. The molecular formula is C24H39NO. The summed E-state index contributed by atoms with van der Waals surface area (Å²) in [6.07, 6.45) is 10.9. The Balaban J connectivity index is 1.76. The Morgan fingerprint density at radius 1 is 1.15 bits per heavy atom. The predicted octanol–water partition coefficient (Wildman–Crippen LogP) is 5.94. The summed E-state index contributed by atoms with van der Waals surface area (Å²) in [4.78, 5) is 0. The van der Waals surface area contributed by atoms with Crippen molar-refractivity contribution in [2.75, 3.05) is 19.7 Å². The van der Waals surface area contributed by atoms with Crippen LogP contribution in [0, 0.1) is 17.8 Å². The summed E-state index contributed by atoms with van der Waals surface area (Å²) in [5, 5.41) is 3.62. The van der Waals surface area contributed by atoms with Gasteiger partial charge in [-0.05, 0) is 69.4 Å². The van der Waals surface area contributed by atoms with Crippen molar-refractivity contribution in [2.24, 2.45) is 17.8 Å². The maximum atomic E-state index is 5.95. The summed E-state index contributed by atoms with van der Waals surface area (Å²) in [5.41, 5.74) is 1.33. The molecule has 1 aromatic rings. The first-order valence-electron chi connectivity index (χ1n) is 10.5. The fourth-order valence-electron chi connectivity index (χ4n) is 4.08. The molecule has 0 bridgehead atoms. The first kappa shape index (κ1) is 21.2. The van der Waals surface area contributed by atoms with Crippen LogP contribution in [0.15, 0.2) is 36.4 Å². The summed E-state index contributed by atoms with van der Waals surface area (Å²) < 4.78 is 5.95. The lowest BCUT2D eigenvalue weighted by atomic mass is 9.75. The van der Waals surface area contributed by atoms with Gasteiger partial charge in [0.25, 0.3) is 0 Å².